The van der Waals surface area contributed by atoms with Crippen LogP contribution in [-0.2, 0) is 4.79 Å². The van der Waals surface area contributed by atoms with Gasteiger partial charge in [-0.25, -0.2) is 9.67 Å². The van der Waals surface area contributed by atoms with Gasteiger partial charge in [-0.2, -0.15) is 5.10 Å². The van der Waals surface area contributed by atoms with E-state index >= 15 is 0 Å². The summed E-state index contributed by atoms with van der Waals surface area (Å²) in [6.07, 6.45) is 7.14. The molecule has 1 aliphatic rings. The van der Waals surface area contributed by atoms with Crippen molar-refractivity contribution in [3.8, 4) is 5.69 Å². The Morgan fingerprint density at radius 2 is 2.04 bits per heavy atom. The molecule has 0 radical (unpaired) electrons. The highest BCUT2D eigenvalue weighted by atomic mass is 16.4. The highest BCUT2D eigenvalue weighted by Crippen LogP contribution is 2.36. The Bertz CT molecular complexity index is 765. The zero-order valence-electron chi connectivity index (χ0n) is 14.2. The number of benzene rings is 1. The highest BCUT2D eigenvalue weighted by molar-refractivity contribution is 5.95. The molecule has 0 unspecified atom stereocenters. The molecule has 1 aliphatic carbocycles. The number of carboxylic acids is 1. The van der Waals surface area contributed by atoms with Gasteiger partial charge in [-0.15, -0.1) is 0 Å². The van der Waals surface area contributed by atoms with Gasteiger partial charge in [0.15, 0.2) is 0 Å². The topological polar surface area (TPSA) is 97.1 Å². The lowest BCUT2D eigenvalue weighted by Crippen LogP contribution is -2.44. The Hall–Kier alpha value is -2.70. The molecule has 0 atom stereocenters. The van der Waals surface area contributed by atoms with Crippen LogP contribution in [0.25, 0.3) is 5.69 Å². The van der Waals surface area contributed by atoms with E-state index in [0.717, 1.165) is 30.5 Å². The average molecular weight is 342 g/mol. The first-order valence-electron chi connectivity index (χ1n) is 8.49. The van der Waals surface area contributed by atoms with Crippen LogP contribution in [0.1, 0.15) is 48.0 Å². The predicted octanol–water partition coefficient (Wildman–Crippen LogP) is 2.34. The number of carbonyl (C=O) groups excluding carboxylic acids is 1. The first-order chi connectivity index (χ1) is 12.0. The maximum absolute atomic E-state index is 12.5. The number of nitrogens with zero attached hydrogens (tertiary/aromatic N) is 3. The lowest BCUT2D eigenvalue weighted by Gasteiger charge is -2.33. The van der Waals surface area contributed by atoms with Crippen LogP contribution in [0.2, 0.25) is 0 Å². The highest BCUT2D eigenvalue weighted by Gasteiger charge is 2.39. The van der Waals surface area contributed by atoms with Crippen LogP contribution in [0, 0.1) is 12.3 Å². The summed E-state index contributed by atoms with van der Waals surface area (Å²) in [6.45, 7) is 2.07. The lowest BCUT2D eigenvalue weighted by molar-refractivity contribution is -0.150. The van der Waals surface area contributed by atoms with Crippen molar-refractivity contribution < 1.29 is 14.7 Å². The summed E-state index contributed by atoms with van der Waals surface area (Å²) < 4.78 is 1.64. The molecule has 25 heavy (non-hydrogen) atoms. The number of carboxylic acid groups (broad SMARTS) is 1. The van der Waals surface area contributed by atoms with E-state index in [1.54, 1.807) is 23.1 Å². The number of aromatic nitrogens is 3. The average Bonchev–Trinajstić information content (AvgIpc) is 3.14. The fourth-order valence-electron chi connectivity index (χ4n) is 3.43. The van der Waals surface area contributed by atoms with Gasteiger partial charge in [0, 0.05) is 12.1 Å². The van der Waals surface area contributed by atoms with E-state index in [1.165, 1.54) is 6.33 Å². The third-order valence-electron chi connectivity index (χ3n) is 4.98. The standard InChI is InChI=1S/C18H22N4O3/c1-13-9-14(5-6-15(13)22-12-19-11-21-22)16(23)20-10-18(17(24)25)7-3-2-4-8-18/h5-6,9,11-12H,2-4,7-8,10H2,1H3,(H,20,23)(H,24,25). The third-order valence-corrected chi connectivity index (χ3v) is 4.98. The van der Waals surface area contributed by atoms with Crippen molar-refractivity contribution in [2.45, 2.75) is 39.0 Å². The van der Waals surface area contributed by atoms with Crippen LogP contribution in [0.3, 0.4) is 0 Å². The van der Waals surface area contributed by atoms with E-state index in [2.05, 4.69) is 15.4 Å². The van der Waals surface area contributed by atoms with Gasteiger partial charge < -0.3 is 10.4 Å². The third kappa shape index (κ3) is 3.55. The molecular weight excluding hydrogens is 320 g/mol. The zero-order valence-corrected chi connectivity index (χ0v) is 14.2. The number of hydrogen-bond acceptors (Lipinski definition) is 4. The van der Waals surface area contributed by atoms with E-state index in [1.807, 2.05) is 13.0 Å². The van der Waals surface area contributed by atoms with Gasteiger partial charge in [0.1, 0.15) is 12.7 Å². The van der Waals surface area contributed by atoms with Crippen LogP contribution < -0.4 is 5.32 Å². The van der Waals surface area contributed by atoms with E-state index < -0.39 is 11.4 Å². The van der Waals surface area contributed by atoms with Crippen LogP contribution in [0.4, 0.5) is 0 Å². The minimum absolute atomic E-state index is 0.172. The number of aliphatic carboxylic acids is 1. The summed E-state index contributed by atoms with van der Waals surface area (Å²) in [7, 11) is 0. The molecule has 1 aromatic heterocycles. The number of rotatable bonds is 5. The summed E-state index contributed by atoms with van der Waals surface area (Å²) in [6, 6.07) is 5.31. The van der Waals surface area contributed by atoms with Crippen molar-refractivity contribution in [1.82, 2.24) is 20.1 Å². The van der Waals surface area contributed by atoms with Crippen molar-refractivity contribution in [2.75, 3.05) is 6.54 Å². The Kier molecular flexibility index (Phi) is 4.83. The molecule has 2 aromatic rings. The van der Waals surface area contributed by atoms with Crippen molar-refractivity contribution >= 4 is 11.9 Å². The van der Waals surface area contributed by atoms with Gasteiger partial charge in [-0.05, 0) is 43.5 Å². The second kappa shape index (κ2) is 7.04. The molecule has 7 nitrogen and oxygen atoms in total. The monoisotopic (exact) mass is 342 g/mol. The molecule has 1 aromatic carbocycles. The Morgan fingerprint density at radius 1 is 1.28 bits per heavy atom. The van der Waals surface area contributed by atoms with Gasteiger partial charge in [0.2, 0.25) is 0 Å². The van der Waals surface area contributed by atoms with E-state index in [4.69, 9.17) is 0 Å². The molecule has 0 saturated heterocycles. The molecule has 7 heteroatoms. The fourth-order valence-corrected chi connectivity index (χ4v) is 3.43. The smallest absolute Gasteiger partial charge is 0.311 e. The van der Waals surface area contributed by atoms with Crippen LogP contribution >= 0.6 is 0 Å². The van der Waals surface area contributed by atoms with Gasteiger partial charge in [-0.1, -0.05) is 19.3 Å². The lowest BCUT2D eigenvalue weighted by atomic mass is 9.74. The molecule has 0 spiro atoms. The minimum atomic E-state index is -0.830. The maximum atomic E-state index is 12.5. The second-order valence-electron chi connectivity index (χ2n) is 6.67. The Balaban J connectivity index is 1.71. The molecule has 0 aliphatic heterocycles. The van der Waals surface area contributed by atoms with E-state index in [9.17, 15) is 14.7 Å². The summed E-state index contributed by atoms with van der Waals surface area (Å²) in [5.41, 5.74) is 1.42. The first kappa shape index (κ1) is 17.1. The summed E-state index contributed by atoms with van der Waals surface area (Å²) >= 11 is 0. The largest absolute Gasteiger partial charge is 0.481 e. The number of nitrogens with one attached hydrogen (secondary N) is 1. The molecule has 132 valence electrons. The molecule has 1 amide bonds. The number of hydrogen-bond donors (Lipinski definition) is 2. The van der Waals surface area contributed by atoms with Gasteiger partial charge in [0.05, 0.1) is 11.1 Å². The van der Waals surface area contributed by atoms with Crippen molar-refractivity contribution in [3.05, 3.63) is 42.0 Å². The molecule has 3 rings (SSSR count). The van der Waals surface area contributed by atoms with Crippen molar-refractivity contribution in [1.29, 1.82) is 0 Å². The van der Waals surface area contributed by atoms with Gasteiger partial charge >= 0.3 is 5.97 Å². The minimum Gasteiger partial charge on any atom is -0.481 e. The molecule has 2 N–H and O–H groups in total. The number of carbonyl (C=O) groups is 2. The zero-order chi connectivity index (χ0) is 17.9. The molecule has 1 saturated carbocycles. The molecule has 1 heterocycles. The van der Waals surface area contributed by atoms with E-state index in [-0.39, 0.29) is 12.5 Å². The van der Waals surface area contributed by atoms with E-state index in [0.29, 0.717) is 18.4 Å². The second-order valence-corrected chi connectivity index (χ2v) is 6.67. The fraction of sp³-hybridized carbons (Fsp3) is 0.444. The molecule has 1 fully saturated rings. The normalized spacial score (nSPS) is 16.4. The van der Waals surface area contributed by atoms with Crippen LogP contribution in [-0.4, -0.2) is 38.3 Å². The SMILES string of the molecule is Cc1cc(C(=O)NCC2(C(=O)O)CCCCC2)ccc1-n1cncn1. The Labute approximate surface area is 146 Å². The molecular formula is C18H22N4O3. The quantitative estimate of drug-likeness (QED) is 0.869. The van der Waals surface area contributed by atoms with Crippen molar-refractivity contribution in [3.63, 3.8) is 0 Å². The van der Waals surface area contributed by atoms with Gasteiger partial charge in [0.25, 0.3) is 5.91 Å². The molecule has 0 bridgehead atoms. The van der Waals surface area contributed by atoms with Crippen LogP contribution in [0.15, 0.2) is 30.9 Å². The summed E-state index contributed by atoms with van der Waals surface area (Å²) in [5, 5.41) is 16.5. The Morgan fingerprint density at radius 3 is 2.64 bits per heavy atom. The van der Waals surface area contributed by atoms with Crippen molar-refractivity contribution in [2.24, 2.45) is 5.41 Å². The summed E-state index contributed by atoms with van der Waals surface area (Å²) in [4.78, 5) is 28.1. The predicted molar refractivity (Wildman–Crippen MR) is 91.6 cm³/mol. The maximum Gasteiger partial charge on any atom is 0.311 e. The first-order valence-corrected chi connectivity index (χ1v) is 8.49. The van der Waals surface area contributed by atoms with Crippen LogP contribution in [0.5, 0.6) is 0 Å². The van der Waals surface area contributed by atoms with Gasteiger partial charge in [-0.3, -0.25) is 9.59 Å². The number of amides is 1. The summed E-state index contributed by atoms with van der Waals surface area (Å²) in [5.74, 6) is -1.07. The number of aryl methyl sites for hydroxylation is 1.